The van der Waals surface area contributed by atoms with Crippen molar-refractivity contribution >= 4 is 26.5 Å². The summed E-state index contributed by atoms with van der Waals surface area (Å²) in [6.45, 7) is 3.16. The van der Waals surface area contributed by atoms with Gasteiger partial charge < -0.3 is 5.73 Å². The van der Waals surface area contributed by atoms with Crippen molar-refractivity contribution in [2.24, 2.45) is 0 Å². The Balaban J connectivity index is 2.92. The van der Waals surface area contributed by atoms with Crippen LogP contribution in [-0.4, -0.2) is 30.7 Å². The Labute approximate surface area is 114 Å². The molecular weight excluding hydrogens is 291 g/mol. The van der Waals surface area contributed by atoms with E-state index < -0.39 is 26.6 Å². The molecule has 1 rings (SSSR count). The average Bonchev–Trinajstić information content (AvgIpc) is 2.33. The minimum atomic E-state index is -3.84. The van der Waals surface area contributed by atoms with Gasteiger partial charge in [0.05, 0.1) is 4.90 Å². The molecule has 0 aliphatic rings. The highest BCUT2D eigenvalue weighted by Gasteiger charge is 2.19. The van der Waals surface area contributed by atoms with Crippen LogP contribution >= 0.6 is 0 Å². The highest BCUT2D eigenvalue weighted by molar-refractivity contribution is 7.89. The predicted octanol–water partition coefficient (Wildman–Crippen LogP) is 0.763. The number of nitrogen functional groups attached to an aromatic ring is 1. The van der Waals surface area contributed by atoms with Gasteiger partial charge in [0.2, 0.25) is 10.0 Å². The predicted molar refractivity (Wildman–Crippen MR) is 74.3 cm³/mol. The molecule has 1 atom stereocenters. The summed E-state index contributed by atoms with van der Waals surface area (Å²) in [5.74, 6) is 0.0188. The fraction of sp³-hybridized carbons (Fsp3) is 0.455. The van der Waals surface area contributed by atoms with Gasteiger partial charge in [-0.3, -0.25) is 4.21 Å². The molecule has 0 fully saturated rings. The largest absolute Gasteiger partial charge is 0.399 e. The minimum Gasteiger partial charge on any atom is -0.399 e. The van der Waals surface area contributed by atoms with Crippen molar-refractivity contribution in [1.82, 2.24) is 4.72 Å². The van der Waals surface area contributed by atoms with E-state index in [-0.39, 0.29) is 28.4 Å². The number of rotatable bonds is 6. The summed E-state index contributed by atoms with van der Waals surface area (Å²) in [4.78, 5) is -0.188. The Morgan fingerprint density at radius 3 is 2.63 bits per heavy atom. The third kappa shape index (κ3) is 4.26. The molecule has 3 N–H and O–H groups in total. The number of sulfonamides is 1. The highest BCUT2D eigenvalue weighted by Crippen LogP contribution is 2.21. The van der Waals surface area contributed by atoms with E-state index in [1.165, 1.54) is 13.0 Å². The lowest BCUT2D eigenvalue weighted by Crippen LogP contribution is -2.29. The second-order valence-corrected chi connectivity index (χ2v) is 7.56. The van der Waals surface area contributed by atoms with E-state index in [9.17, 15) is 17.0 Å². The first-order valence-electron chi connectivity index (χ1n) is 5.68. The molecule has 0 saturated carbocycles. The molecule has 108 valence electrons. The SMILES string of the molecule is CCS(=O)CCNS(=O)(=O)c1cc(N)cc(F)c1C. The molecule has 0 spiro atoms. The maximum absolute atomic E-state index is 13.5. The number of benzene rings is 1. The van der Waals surface area contributed by atoms with E-state index in [1.807, 2.05) is 0 Å². The van der Waals surface area contributed by atoms with Crippen LogP contribution < -0.4 is 10.5 Å². The quantitative estimate of drug-likeness (QED) is 0.759. The molecule has 0 amide bonds. The van der Waals surface area contributed by atoms with Gasteiger partial charge >= 0.3 is 0 Å². The molecule has 1 unspecified atom stereocenters. The molecule has 1 aromatic carbocycles. The van der Waals surface area contributed by atoms with Crippen molar-refractivity contribution in [3.8, 4) is 0 Å². The highest BCUT2D eigenvalue weighted by atomic mass is 32.2. The maximum Gasteiger partial charge on any atom is 0.241 e. The summed E-state index contributed by atoms with van der Waals surface area (Å²) in [6, 6.07) is 2.28. The van der Waals surface area contributed by atoms with Crippen molar-refractivity contribution in [2.45, 2.75) is 18.7 Å². The second-order valence-electron chi connectivity index (χ2n) is 3.96. The minimum absolute atomic E-state index is 0.0123. The average molecular weight is 308 g/mol. The number of hydrogen-bond acceptors (Lipinski definition) is 4. The number of nitrogens with one attached hydrogen (secondary N) is 1. The third-order valence-corrected chi connectivity index (χ3v) is 5.44. The Morgan fingerprint density at radius 1 is 1.42 bits per heavy atom. The van der Waals surface area contributed by atoms with Gasteiger partial charge in [0.25, 0.3) is 0 Å². The van der Waals surface area contributed by atoms with Crippen LogP contribution in [0.15, 0.2) is 17.0 Å². The number of anilines is 1. The lowest BCUT2D eigenvalue weighted by Gasteiger charge is -2.10. The molecule has 0 aliphatic heterocycles. The smallest absolute Gasteiger partial charge is 0.241 e. The van der Waals surface area contributed by atoms with Crippen LogP contribution in [0.1, 0.15) is 12.5 Å². The standard InChI is InChI=1S/C11H17FN2O3S2/c1-3-18(15)5-4-14-19(16,17)11-7-9(13)6-10(12)8(11)2/h6-7,14H,3-5,13H2,1-2H3. The maximum atomic E-state index is 13.5. The fourth-order valence-corrected chi connectivity index (χ4v) is 3.53. The molecule has 0 aromatic heterocycles. The van der Waals surface area contributed by atoms with Crippen molar-refractivity contribution < 1.29 is 17.0 Å². The normalized spacial score (nSPS) is 13.4. The summed E-state index contributed by atoms with van der Waals surface area (Å²) < 4.78 is 50.9. The summed E-state index contributed by atoms with van der Waals surface area (Å²) in [5, 5.41) is 0. The van der Waals surface area contributed by atoms with Crippen LogP contribution in [0.4, 0.5) is 10.1 Å². The third-order valence-electron chi connectivity index (χ3n) is 2.55. The zero-order valence-corrected chi connectivity index (χ0v) is 12.4. The Hall–Kier alpha value is -0.990. The topological polar surface area (TPSA) is 89.3 Å². The monoisotopic (exact) mass is 308 g/mol. The van der Waals surface area contributed by atoms with Gasteiger partial charge in [0, 0.05) is 40.1 Å². The van der Waals surface area contributed by atoms with E-state index >= 15 is 0 Å². The van der Waals surface area contributed by atoms with Gasteiger partial charge in [-0.1, -0.05) is 6.92 Å². The Bertz CT molecular complexity index is 588. The van der Waals surface area contributed by atoms with E-state index in [0.29, 0.717) is 5.75 Å². The van der Waals surface area contributed by atoms with E-state index in [4.69, 9.17) is 5.73 Å². The van der Waals surface area contributed by atoms with Gasteiger partial charge in [-0.15, -0.1) is 0 Å². The first-order chi connectivity index (χ1) is 8.77. The molecule has 0 aliphatic carbocycles. The van der Waals surface area contributed by atoms with Crippen LogP contribution in [0.2, 0.25) is 0 Å². The molecule has 0 saturated heterocycles. The van der Waals surface area contributed by atoms with Crippen molar-refractivity contribution in [3.05, 3.63) is 23.5 Å². The molecular formula is C11H17FN2O3S2. The first kappa shape index (κ1) is 16.1. The fourth-order valence-electron chi connectivity index (χ4n) is 1.46. The summed E-state index contributed by atoms with van der Waals surface area (Å²) >= 11 is 0. The van der Waals surface area contributed by atoms with Gasteiger partial charge in [0.1, 0.15) is 5.82 Å². The van der Waals surface area contributed by atoms with Gasteiger partial charge in [-0.2, -0.15) is 0 Å². The lowest BCUT2D eigenvalue weighted by atomic mass is 10.2. The first-order valence-corrected chi connectivity index (χ1v) is 8.65. The Kier molecular flexibility index (Phi) is 5.45. The number of hydrogen-bond donors (Lipinski definition) is 2. The van der Waals surface area contributed by atoms with E-state index in [1.54, 1.807) is 6.92 Å². The van der Waals surface area contributed by atoms with Crippen LogP contribution in [0.5, 0.6) is 0 Å². The summed E-state index contributed by atoms with van der Waals surface area (Å²) in [6.07, 6.45) is 0. The van der Waals surface area contributed by atoms with Crippen molar-refractivity contribution in [2.75, 3.05) is 23.8 Å². The molecule has 5 nitrogen and oxygen atoms in total. The van der Waals surface area contributed by atoms with Gasteiger partial charge in [-0.05, 0) is 19.1 Å². The second kappa shape index (κ2) is 6.44. The van der Waals surface area contributed by atoms with E-state index in [2.05, 4.69) is 4.72 Å². The van der Waals surface area contributed by atoms with Gasteiger partial charge in [0.15, 0.2) is 0 Å². The van der Waals surface area contributed by atoms with Crippen LogP contribution in [0.3, 0.4) is 0 Å². The number of halogens is 1. The Morgan fingerprint density at radius 2 is 2.05 bits per heavy atom. The molecule has 19 heavy (non-hydrogen) atoms. The summed E-state index contributed by atoms with van der Waals surface area (Å²) in [5.41, 5.74) is 5.50. The molecule has 8 heteroatoms. The van der Waals surface area contributed by atoms with E-state index in [0.717, 1.165) is 6.07 Å². The lowest BCUT2D eigenvalue weighted by molar-refractivity contribution is 0.577. The van der Waals surface area contributed by atoms with Crippen LogP contribution in [-0.2, 0) is 20.8 Å². The summed E-state index contributed by atoms with van der Waals surface area (Å²) in [7, 11) is -4.90. The zero-order chi connectivity index (χ0) is 14.6. The molecule has 0 bridgehead atoms. The van der Waals surface area contributed by atoms with Gasteiger partial charge in [-0.25, -0.2) is 17.5 Å². The number of nitrogens with two attached hydrogens (primary N) is 1. The van der Waals surface area contributed by atoms with Crippen LogP contribution in [0, 0.1) is 12.7 Å². The zero-order valence-electron chi connectivity index (χ0n) is 10.8. The van der Waals surface area contributed by atoms with Crippen LogP contribution in [0.25, 0.3) is 0 Å². The molecule has 0 radical (unpaired) electrons. The van der Waals surface area contributed by atoms with Crippen molar-refractivity contribution in [3.63, 3.8) is 0 Å². The molecule has 1 aromatic rings. The molecule has 0 heterocycles. The van der Waals surface area contributed by atoms with Crippen molar-refractivity contribution in [1.29, 1.82) is 0 Å².